The first-order valence-electron chi connectivity index (χ1n) is 37.0. The third-order valence-corrected chi connectivity index (χ3v) is 20.9. The van der Waals surface area contributed by atoms with Gasteiger partial charge in [-0.3, -0.25) is 9.59 Å². The van der Waals surface area contributed by atoms with Crippen molar-refractivity contribution in [3.05, 3.63) is 176 Å². The van der Waals surface area contributed by atoms with Gasteiger partial charge in [0, 0.05) is 95.3 Å². The number of piperidine rings is 3. The number of carbonyl (C=O) groups is 4. The second kappa shape index (κ2) is 39.1. The van der Waals surface area contributed by atoms with E-state index in [-0.39, 0.29) is 29.9 Å². The van der Waals surface area contributed by atoms with Gasteiger partial charge in [0.05, 0.1) is 16.8 Å². The molecule has 6 aromatic rings. The lowest BCUT2D eigenvalue weighted by Gasteiger charge is -2.44. The van der Waals surface area contributed by atoms with E-state index in [4.69, 9.17) is 60.2 Å². The predicted octanol–water partition coefficient (Wildman–Crippen LogP) is 15.1. The minimum Gasteiger partial charge on any atom is -0.444 e. The fourth-order valence-electron chi connectivity index (χ4n) is 14.7. The van der Waals surface area contributed by atoms with Crippen molar-refractivity contribution in [2.45, 2.75) is 187 Å². The number of rotatable bonds is 25. The molecule has 10 N–H and O–H groups in total. The molecule has 0 bridgehead atoms. The van der Waals surface area contributed by atoms with Crippen molar-refractivity contribution >= 4 is 58.8 Å². The van der Waals surface area contributed by atoms with Crippen LogP contribution < -0.4 is 21.7 Å². The van der Waals surface area contributed by atoms with Crippen LogP contribution in [0.3, 0.4) is 0 Å². The second-order valence-electron chi connectivity index (χ2n) is 29.6. The largest absolute Gasteiger partial charge is 0.444 e. The lowest BCUT2D eigenvalue weighted by atomic mass is 9.72. The van der Waals surface area contributed by atoms with E-state index in [2.05, 4.69) is 73.1 Å². The van der Waals surface area contributed by atoms with Gasteiger partial charge in [0.15, 0.2) is 0 Å². The second-order valence-corrected chi connectivity index (χ2v) is 30.8. The number of carbonyl (C=O) groups excluding carboxylic acids is 4. The molecule has 0 aliphatic carbocycles. The molecule has 0 spiro atoms. The van der Waals surface area contributed by atoms with Crippen LogP contribution in [-0.4, -0.2) is 143 Å². The summed E-state index contributed by atoms with van der Waals surface area (Å²) in [4.78, 5) is 52.2. The van der Waals surface area contributed by atoms with Crippen molar-refractivity contribution < 1.29 is 54.2 Å². The highest BCUT2D eigenvalue weighted by Gasteiger charge is 2.46. The van der Waals surface area contributed by atoms with Crippen LogP contribution in [0.4, 0.5) is 9.59 Å². The average molecular weight is 1480 g/mol. The van der Waals surface area contributed by atoms with Gasteiger partial charge in [0.1, 0.15) is 24.4 Å². The summed E-state index contributed by atoms with van der Waals surface area (Å²) in [5, 5.41) is 65.6. The van der Waals surface area contributed by atoms with E-state index >= 15 is 0 Å². The number of ether oxygens (including phenoxy) is 2. The van der Waals surface area contributed by atoms with E-state index < -0.39 is 53.0 Å². The van der Waals surface area contributed by atoms with Crippen molar-refractivity contribution in [1.29, 1.82) is 0 Å². The Morgan fingerprint density at radius 2 is 0.845 bits per heavy atom. The van der Waals surface area contributed by atoms with E-state index in [9.17, 15) is 34.5 Å². The molecule has 17 nitrogen and oxygen atoms in total. The van der Waals surface area contributed by atoms with E-state index in [1.54, 1.807) is 9.80 Å². The zero-order valence-corrected chi connectivity index (χ0v) is 64.3. The van der Waals surface area contributed by atoms with Crippen LogP contribution in [0, 0.1) is 17.8 Å². The summed E-state index contributed by atoms with van der Waals surface area (Å²) in [6.07, 6.45) is 10.1. The fourth-order valence-corrected chi connectivity index (χ4v) is 15.5. The number of nitrogens with zero attached hydrogens (tertiary/aromatic N) is 2. The van der Waals surface area contributed by atoms with Gasteiger partial charge in [-0.2, -0.15) is 0 Å². The zero-order chi connectivity index (χ0) is 75.1. The van der Waals surface area contributed by atoms with Crippen LogP contribution in [0.2, 0.25) is 15.1 Å². The average Bonchev–Trinajstić information content (AvgIpc) is 0.772. The summed E-state index contributed by atoms with van der Waals surface area (Å²) in [6, 6.07) is 41.9. The molecule has 0 unspecified atom stereocenters. The Morgan fingerprint density at radius 1 is 0.505 bits per heavy atom. The Bertz CT molecular complexity index is 3740. The molecule has 562 valence electrons. The zero-order valence-electron chi connectivity index (χ0n) is 62.0. The van der Waals surface area contributed by atoms with Crippen molar-refractivity contribution in [3.63, 3.8) is 0 Å². The minimum absolute atomic E-state index is 0.0429. The van der Waals surface area contributed by atoms with Crippen LogP contribution in [0.1, 0.15) is 173 Å². The standard InChI is InChI=1S/C30H41ClN2O5.C28H39ClN2O3.C25H33ClN2O3/c1-5-21-10-6-11-22(18-21)27-24(13-7-14-25(27)31)30(37,15-9-16-32-26(35)20-34)23-12-8-17-33(19-23)28(36)38-29(2,3)4;1-5-20-10-6-11-21(18-20)25-23(13-7-14-24(25)29)28(33,15-9-16-30)22-12-8-17-31(19-22)26(32)34-27(2,3)4;1-2-18-7-3-8-19(15-18)24-21(10-4-11-22(24)26)25(31,20-9-5-13-27-16-20)12-6-14-28-23(30)17-29/h6-7,10-11,13-14,18,23,34,37H,5,8-9,12,15-17,19-20H2,1-4H3,(H,32,35);6-7,10-11,13-14,18,22,33H,5,8-9,12,15-17,19,30H2,1-4H3;3-4,7-8,10-11,15,20,27,29,31H,2,5-6,9,12-14,16-17H2,1H3,(H,28,30)/t23-,30+;22-,28+;20-,25+/m111/s1. The number of nitrogens with one attached hydrogen (secondary N) is 3. The summed E-state index contributed by atoms with van der Waals surface area (Å²) in [5.41, 5.74) is 12.5. The number of halogens is 3. The topological polar surface area (TPSA) is 256 Å². The van der Waals surface area contributed by atoms with Gasteiger partial charge in [-0.1, -0.05) is 165 Å². The summed E-state index contributed by atoms with van der Waals surface area (Å²) in [6.45, 7) is 21.2. The SMILES string of the molecule is CCc1cccc(-c2c(Cl)cccc2[C@](O)(CCCN)[C@@H]2CCCN(C(=O)OC(C)(C)C)C2)c1.CCc1cccc(-c2c(Cl)cccc2[C@](O)(CCCNC(=O)CO)[C@@H]2CCCN(C(=O)OC(C)(C)C)C2)c1.CCc1cccc(-c2c(Cl)cccc2[C@](O)(CCCNC(=O)CO)[C@@H]2CCCNC2)c1. The number of hydrogen-bond donors (Lipinski definition) is 9. The number of aryl methyl sites for hydroxylation is 3. The highest BCUT2D eigenvalue weighted by molar-refractivity contribution is 6.34. The Hall–Kier alpha value is -6.61. The first-order valence-corrected chi connectivity index (χ1v) is 38.1. The maximum atomic E-state index is 12.9. The van der Waals surface area contributed by atoms with Gasteiger partial charge < -0.3 is 66.5 Å². The van der Waals surface area contributed by atoms with E-state index in [0.717, 1.165) is 121 Å². The summed E-state index contributed by atoms with van der Waals surface area (Å²) >= 11 is 20.3. The molecule has 3 fully saturated rings. The first-order chi connectivity index (χ1) is 49.1. The molecule has 0 saturated carbocycles. The Kier molecular flexibility index (Phi) is 31.8. The molecule has 20 heteroatoms. The Labute approximate surface area is 626 Å². The van der Waals surface area contributed by atoms with Gasteiger partial charge in [-0.05, 0) is 219 Å². The molecule has 3 heterocycles. The number of nitrogens with two attached hydrogens (primary N) is 1. The van der Waals surface area contributed by atoms with Crippen molar-refractivity contribution in [1.82, 2.24) is 25.8 Å². The lowest BCUT2D eigenvalue weighted by molar-refractivity contribution is -0.124. The maximum absolute atomic E-state index is 12.9. The minimum atomic E-state index is -1.33. The molecular formula is C83H113Cl3N6O11. The van der Waals surface area contributed by atoms with Gasteiger partial charge >= 0.3 is 12.2 Å². The number of likely N-dealkylation sites (tertiary alicyclic amines) is 2. The lowest BCUT2D eigenvalue weighted by Crippen LogP contribution is -2.49. The number of aliphatic hydroxyl groups excluding tert-OH is 2. The smallest absolute Gasteiger partial charge is 0.410 e. The van der Waals surface area contributed by atoms with E-state index in [1.807, 2.05) is 133 Å². The fraction of sp³-hybridized carbons (Fsp3) is 0.518. The molecule has 9 rings (SSSR count). The Morgan fingerprint density at radius 3 is 1.17 bits per heavy atom. The predicted molar refractivity (Wildman–Crippen MR) is 414 cm³/mol. The molecule has 0 aromatic heterocycles. The molecule has 0 radical (unpaired) electrons. The number of amides is 4. The normalized spacial score (nSPS) is 18.1. The van der Waals surface area contributed by atoms with Gasteiger partial charge in [-0.25, -0.2) is 9.59 Å². The third-order valence-electron chi connectivity index (χ3n) is 19.9. The monoisotopic (exact) mass is 1470 g/mol. The summed E-state index contributed by atoms with van der Waals surface area (Å²) in [5.74, 6) is -1.25. The third kappa shape index (κ3) is 23.0. The van der Waals surface area contributed by atoms with Crippen LogP contribution in [-0.2, 0) is 55.1 Å². The molecule has 6 atom stereocenters. The summed E-state index contributed by atoms with van der Waals surface area (Å²) < 4.78 is 11.3. The maximum Gasteiger partial charge on any atom is 0.410 e. The van der Waals surface area contributed by atoms with Crippen molar-refractivity contribution in [3.8, 4) is 33.4 Å². The highest BCUT2D eigenvalue weighted by Crippen LogP contribution is 2.49. The molecule has 6 aromatic carbocycles. The summed E-state index contributed by atoms with van der Waals surface area (Å²) in [7, 11) is 0. The van der Waals surface area contributed by atoms with Crippen molar-refractivity contribution in [2.24, 2.45) is 23.5 Å². The first kappa shape index (κ1) is 83.7. The number of benzene rings is 6. The van der Waals surface area contributed by atoms with Crippen LogP contribution in [0.15, 0.2) is 127 Å². The van der Waals surface area contributed by atoms with E-state index in [1.165, 1.54) is 11.1 Å². The van der Waals surface area contributed by atoms with E-state index in [0.29, 0.717) is 105 Å². The van der Waals surface area contributed by atoms with Crippen LogP contribution >= 0.6 is 34.8 Å². The molecular weight excluding hydrogens is 1360 g/mol. The van der Waals surface area contributed by atoms with Crippen molar-refractivity contribution in [2.75, 3.05) is 72.1 Å². The quantitative estimate of drug-likeness (QED) is 0.0242. The van der Waals surface area contributed by atoms with Gasteiger partial charge in [0.2, 0.25) is 11.8 Å². The molecule has 4 amide bonds. The molecule has 103 heavy (non-hydrogen) atoms. The molecule has 3 aliphatic heterocycles. The van der Waals surface area contributed by atoms with Gasteiger partial charge in [-0.15, -0.1) is 0 Å². The highest BCUT2D eigenvalue weighted by atomic mass is 35.5. The number of aliphatic hydroxyl groups is 5. The Balaban J connectivity index is 0.000000217. The molecule has 3 aliphatic rings. The van der Waals surface area contributed by atoms with Crippen LogP contribution in [0.5, 0.6) is 0 Å². The van der Waals surface area contributed by atoms with Gasteiger partial charge in [0.25, 0.3) is 0 Å². The van der Waals surface area contributed by atoms with Crippen LogP contribution in [0.25, 0.3) is 33.4 Å². The molecule has 3 saturated heterocycles. The number of hydrogen-bond acceptors (Lipinski definition) is 13.